The zero-order chi connectivity index (χ0) is 13.2. The van der Waals surface area contributed by atoms with E-state index in [0.717, 1.165) is 24.8 Å². The van der Waals surface area contributed by atoms with Gasteiger partial charge < -0.3 is 4.90 Å². The number of nitrogens with zero attached hydrogens (tertiary/aromatic N) is 2. The number of aromatic nitrogens is 1. The van der Waals surface area contributed by atoms with Gasteiger partial charge in [-0.1, -0.05) is 26.8 Å². The first-order valence-corrected chi connectivity index (χ1v) is 7.31. The Morgan fingerprint density at radius 2 is 1.94 bits per heavy atom. The van der Waals surface area contributed by atoms with E-state index >= 15 is 0 Å². The summed E-state index contributed by atoms with van der Waals surface area (Å²) < 4.78 is 0. The minimum Gasteiger partial charge on any atom is -0.357 e. The van der Waals surface area contributed by atoms with Crippen molar-refractivity contribution in [2.45, 2.75) is 39.0 Å². The Morgan fingerprint density at radius 1 is 1.28 bits per heavy atom. The number of alkyl halides is 1. The fourth-order valence-electron chi connectivity index (χ4n) is 2.33. The van der Waals surface area contributed by atoms with E-state index in [1.54, 1.807) is 0 Å². The molecule has 0 atom stereocenters. The average Bonchev–Trinajstić information content (AvgIpc) is 2.38. The van der Waals surface area contributed by atoms with Crippen molar-refractivity contribution >= 4 is 17.4 Å². The molecule has 0 saturated carbocycles. The lowest BCUT2D eigenvalue weighted by Crippen LogP contribution is -2.34. The van der Waals surface area contributed by atoms with Gasteiger partial charge in [-0.2, -0.15) is 0 Å². The van der Waals surface area contributed by atoms with Crippen LogP contribution in [0.25, 0.3) is 0 Å². The molecule has 0 unspecified atom stereocenters. The first-order chi connectivity index (χ1) is 8.50. The SMILES string of the molecule is CC(C)(C)c1ccc(N2CCC(CCl)CC2)nc1. The van der Waals surface area contributed by atoms with Crippen LogP contribution in [0.3, 0.4) is 0 Å². The van der Waals surface area contributed by atoms with Gasteiger partial charge in [-0.25, -0.2) is 4.98 Å². The molecule has 0 bridgehead atoms. The molecule has 2 rings (SSSR count). The van der Waals surface area contributed by atoms with Crippen LogP contribution in [-0.2, 0) is 5.41 Å². The number of hydrogen-bond acceptors (Lipinski definition) is 2. The Hall–Kier alpha value is -0.760. The summed E-state index contributed by atoms with van der Waals surface area (Å²) in [5, 5.41) is 0. The first-order valence-electron chi connectivity index (χ1n) is 6.78. The molecule has 100 valence electrons. The van der Waals surface area contributed by atoms with Crippen molar-refractivity contribution in [1.82, 2.24) is 4.98 Å². The van der Waals surface area contributed by atoms with E-state index in [2.05, 4.69) is 42.8 Å². The van der Waals surface area contributed by atoms with Crippen LogP contribution < -0.4 is 4.90 Å². The van der Waals surface area contributed by atoms with E-state index in [-0.39, 0.29) is 5.41 Å². The van der Waals surface area contributed by atoms with Crippen LogP contribution in [0.15, 0.2) is 18.3 Å². The Bertz CT molecular complexity index is 372. The maximum absolute atomic E-state index is 5.91. The van der Waals surface area contributed by atoms with E-state index in [4.69, 9.17) is 11.6 Å². The van der Waals surface area contributed by atoms with Crippen molar-refractivity contribution in [3.63, 3.8) is 0 Å². The molecule has 0 spiro atoms. The van der Waals surface area contributed by atoms with Crippen LogP contribution in [0, 0.1) is 5.92 Å². The van der Waals surface area contributed by atoms with Crippen molar-refractivity contribution in [2.75, 3.05) is 23.9 Å². The lowest BCUT2D eigenvalue weighted by atomic mass is 9.88. The minimum atomic E-state index is 0.178. The summed E-state index contributed by atoms with van der Waals surface area (Å²) in [6.45, 7) is 8.82. The molecule has 1 aromatic rings. The maximum Gasteiger partial charge on any atom is 0.128 e. The Labute approximate surface area is 115 Å². The summed E-state index contributed by atoms with van der Waals surface area (Å²) in [5.74, 6) is 2.59. The van der Waals surface area contributed by atoms with Crippen molar-refractivity contribution < 1.29 is 0 Å². The van der Waals surface area contributed by atoms with Gasteiger partial charge in [0.05, 0.1) is 0 Å². The van der Waals surface area contributed by atoms with E-state index < -0.39 is 0 Å². The van der Waals surface area contributed by atoms with Crippen LogP contribution in [0.5, 0.6) is 0 Å². The summed E-state index contributed by atoms with van der Waals surface area (Å²) in [4.78, 5) is 6.98. The highest BCUT2D eigenvalue weighted by Gasteiger charge is 2.20. The molecular formula is C15H23ClN2. The van der Waals surface area contributed by atoms with Crippen LogP contribution >= 0.6 is 11.6 Å². The monoisotopic (exact) mass is 266 g/mol. The molecule has 1 aromatic heterocycles. The van der Waals surface area contributed by atoms with E-state index in [1.165, 1.54) is 18.4 Å². The van der Waals surface area contributed by atoms with Gasteiger partial charge in [0.1, 0.15) is 5.82 Å². The summed E-state index contributed by atoms with van der Waals surface area (Å²) in [6, 6.07) is 4.36. The summed E-state index contributed by atoms with van der Waals surface area (Å²) >= 11 is 5.91. The molecule has 1 saturated heterocycles. The van der Waals surface area contributed by atoms with Gasteiger partial charge in [-0.3, -0.25) is 0 Å². The highest BCUT2D eigenvalue weighted by atomic mass is 35.5. The predicted molar refractivity (Wildman–Crippen MR) is 78.6 cm³/mol. The molecule has 0 aromatic carbocycles. The summed E-state index contributed by atoms with van der Waals surface area (Å²) in [6.07, 6.45) is 4.39. The van der Waals surface area contributed by atoms with Crippen molar-refractivity contribution in [2.24, 2.45) is 5.92 Å². The van der Waals surface area contributed by atoms with Gasteiger partial charge in [0.2, 0.25) is 0 Å². The van der Waals surface area contributed by atoms with Gasteiger partial charge in [0.15, 0.2) is 0 Å². The molecular weight excluding hydrogens is 244 g/mol. The molecule has 1 aliphatic heterocycles. The third kappa shape index (κ3) is 3.17. The normalized spacial score (nSPS) is 18.1. The van der Waals surface area contributed by atoms with Crippen LogP contribution in [0.2, 0.25) is 0 Å². The molecule has 0 amide bonds. The topological polar surface area (TPSA) is 16.1 Å². The highest BCUT2D eigenvalue weighted by molar-refractivity contribution is 6.18. The van der Waals surface area contributed by atoms with E-state index in [9.17, 15) is 0 Å². The minimum absolute atomic E-state index is 0.178. The zero-order valence-electron chi connectivity index (χ0n) is 11.6. The molecule has 3 heteroatoms. The smallest absolute Gasteiger partial charge is 0.128 e. The van der Waals surface area contributed by atoms with Gasteiger partial charge >= 0.3 is 0 Å². The van der Waals surface area contributed by atoms with Gasteiger partial charge in [0.25, 0.3) is 0 Å². The molecule has 0 radical (unpaired) electrons. The Balaban J connectivity index is 2.02. The molecule has 2 nitrogen and oxygen atoms in total. The fraction of sp³-hybridized carbons (Fsp3) is 0.667. The third-order valence-corrected chi connectivity index (χ3v) is 4.21. The second-order valence-corrected chi connectivity index (χ2v) is 6.55. The lowest BCUT2D eigenvalue weighted by Gasteiger charge is -2.32. The number of rotatable bonds is 2. The van der Waals surface area contributed by atoms with Gasteiger partial charge in [-0.15, -0.1) is 11.6 Å². The number of piperidine rings is 1. The molecule has 0 aliphatic carbocycles. The van der Waals surface area contributed by atoms with E-state index in [1.807, 2.05) is 6.20 Å². The van der Waals surface area contributed by atoms with Crippen LogP contribution in [-0.4, -0.2) is 24.0 Å². The number of halogens is 1. The van der Waals surface area contributed by atoms with Crippen molar-refractivity contribution in [3.8, 4) is 0 Å². The summed E-state index contributed by atoms with van der Waals surface area (Å²) in [7, 11) is 0. The first kappa shape index (κ1) is 13.7. The number of hydrogen-bond donors (Lipinski definition) is 0. The zero-order valence-corrected chi connectivity index (χ0v) is 12.4. The van der Waals surface area contributed by atoms with Crippen LogP contribution in [0.4, 0.5) is 5.82 Å². The Morgan fingerprint density at radius 3 is 2.39 bits per heavy atom. The van der Waals surface area contributed by atoms with Crippen molar-refractivity contribution in [3.05, 3.63) is 23.9 Å². The highest BCUT2D eigenvalue weighted by Crippen LogP contribution is 2.25. The van der Waals surface area contributed by atoms with Crippen molar-refractivity contribution in [1.29, 1.82) is 0 Å². The molecule has 1 fully saturated rings. The second kappa shape index (κ2) is 5.48. The quantitative estimate of drug-likeness (QED) is 0.757. The molecule has 1 aliphatic rings. The third-order valence-electron chi connectivity index (χ3n) is 3.77. The predicted octanol–water partition coefficient (Wildman–Crippen LogP) is 3.83. The number of pyridine rings is 1. The molecule has 0 N–H and O–H groups in total. The Kier molecular flexibility index (Phi) is 4.16. The maximum atomic E-state index is 5.91. The summed E-state index contributed by atoms with van der Waals surface area (Å²) in [5.41, 5.74) is 1.47. The van der Waals surface area contributed by atoms with E-state index in [0.29, 0.717) is 5.92 Å². The van der Waals surface area contributed by atoms with Gasteiger partial charge in [-0.05, 0) is 35.8 Å². The fourth-order valence-corrected chi connectivity index (χ4v) is 2.64. The lowest BCUT2D eigenvalue weighted by molar-refractivity contribution is 0.441. The molecule has 2 heterocycles. The largest absolute Gasteiger partial charge is 0.357 e. The second-order valence-electron chi connectivity index (χ2n) is 6.24. The number of anilines is 1. The average molecular weight is 267 g/mol. The van der Waals surface area contributed by atoms with Gasteiger partial charge in [0, 0.05) is 25.2 Å². The molecule has 18 heavy (non-hydrogen) atoms. The standard InChI is InChI=1S/C15H23ClN2/c1-15(2,3)13-4-5-14(17-11-13)18-8-6-12(10-16)7-9-18/h4-5,11-12H,6-10H2,1-3H3. The van der Waals surface area contributed by atoms with Crippen LogP contribution in [0.1, 0.15) is 39.2 Å².